The smallest absolute Gasteiger partial charge is 0.327 e. The first-order valence-electron chi connectivity index (χ1n) is 5.60. The molecule has 0 amide bonds. The first-order valence-corrected chi connectivity index (χ1v) is 6.39. The number of esters is 1. The Morgan fingerprint density at radius 2 is 2.14 bits per heavy atom. The number of carbonyl (C=O) groups is 1. The Kier molecular flexibility index (Phi) is 4.31. The Morgan fingerprint density at radius 1 is 1.48 bits per heavy atom. The Bertz CT molecular complexity index is 776. The molecule has 0 N–H and O–H groups in total. The zero-order valence-corrected chi connectivity index (χ0v) is 12.2. The molecule has 0 aliphatic heterocycles. The third-order valence-corrected chi connectivity index (χ3v) is 3.37. The van der Waals surface area contributed by atoms with Crippen LogP contribution in [0.4, 0.5) is 13.2 Å². The van der Waals surface area contributed by atoms with Crippen LogP contribution in [0.2, 0.25) is 0 Å². The minimum atomic E-state index is -3.11. The van der Waals surface area contributed by atoms with Crippen molar-refractivity contribution in [3.05, 3.63) is 38.5 Å². The second-order valence-corrected chi connectivity index (χ2v) is 4.86. The number of alkyl halides is 2. The molecular formula is C12H8BrF3N2O3. The largest absolute Gasteiger partial charge is 0.468 e. The van der Waals surface area contributed by atoms with Gasteiger partial charge in [0, 0.05) is 0 Å². The second-order valence-electron chi connectivity index (χ2n) is 4.01. The van der Waals surface area contributed by atoms with Crippen molar-refractivity contribution in [1.82, 2.24) is 9.78 Å². The van der Waals surface area contributed by atoms with E-state index in [-0.39, 0.29) is 9.86 Å². The van der Waals surface area contributed by atoms with E-state index in [9.17, 15) is 22.8 Å². The Balaban J connectivity index is 2.82. The van der Waals surface area contributed by atoms with Gasteiger partial charge in [0.15, 0.2) is 0 Å². The van der Waals surface area contributed by atoms with Crippen LogP contribution in [-0.2, 0) is 16.1 Å². The molecule has 9 heteroatoms. The number of rotatable bonds is 3. The lowest BCUT2D eigenvalue weighted by atomic mass is 10.1. The zero-order valence-electron chi connectivity index (χ0n) is 10.6. The molecule has 112 valence electrons. The average Bonchev–Trinajstić information content (AvgIpc) is 2.45. The van der Waals surface area contributed by atoms with E-state index in [0.29, 0.717) is 4.68 Å². The monoisotopic (exact) mass is 364 g/mol. The average molecular weight is 365 g/mol. The van der Waals surface area contributed by atoms with Crippen molar-refractivity contribution in [3.63, 3.8) is 0 Å². The summed E-state index contributed by atoms with van der Waals surface area (Å²) in [5.41, 5.74) is -1.77. The first kappa shape index (κ1) is 15.5. The third kappa shape index (κ3) is 2.78. The van der Waals surface area contributed by atoms with Gasteiger partial charge in [0.25, 0.3) is 12.0 Å². The predicted molar refractivity (Wildman–Crippen MR) is 70.6 cm³/mol. The summed E-state index contributed by atoms with van der Waals surface area (Å²) in [7, 11) is 1.08. The number of hydrogen-bond acceptors (Lipinski definition) is 4. The van der Waals surface area contributed by atoms with Crippen molar-refractivity contribution in [2.75, 3.05) is 7.11 Å². The fourth-order valence-electron chi connectivity index (χ4n) is 1.79. The number of ether oxygens (including phenoxy) is 1. The molecule has 0 spiro atoms. The van der Waals surface area contributed by atoms with Gasteiger partial charge in [-0.2, -0.15) is 5.10 Å². The molecule has 0 fully saturated rings. The van der Waals surface area contributed by atoms with Gasteiger partial charge in [0.2, 0.25) is 0 Å². The summed E-state index contributed by atoms with van der Waals surface area (Å²) in [6, 6.07) is 2.41. The fraction of sp³-hybridized carbons (Fsp3) is 0.250. The standard InChI is InChI=1S/C12H8BrF3N2O3/c1-21-7(19)4-18-12(20)5-2-3-6(13)9(14)8(5)10(17-18)11(15)16/h2-3,11H,4H2,1H3. The van der Waals surface area contributed by atoms with E-state index < -0.39 is 41.4 Å². The summed E-state index contributed by atoms with van der Waals surface area (Å²) in [6.07, 6.45) is -3.11. The molecule has 0 bridgehead atoms. The summed E-state index contributed by atoms with van der Waals surface area (Å²) in [4.78, 5) is 23.3. The maximum atomic E-state index is 14.0. The quantitative estimate of drug-likeness (QED) is 0.784. The minimum Gasteiger partial charge on any atom is -0.468 e. The lowest BCUT2D eigenvalue weighted by Crippen LogP contribution is -2.29. The van der Waals surface area contributed by atoms with Crippen molar-refractivity contribution >= 4 is 32.7 Å². The van der Waals surface area contributed by atoms with Gasteiger partial charge in [-0.25, -0.2) is 17.9 Å². The summed E-state index contributed by atoms with van der Waals surface area (Å²) >= 11 is 2.86. The number of methoxy groups -OCH3 is 1. The van der Waals surface area contributed by atoms with E-state index in [2.05, 4.69) is 25.8 Å². The van der Waals surface area contributed by atoms with Crippen molar-refractivity contribution in [2.45, 2.75) is 13.0 Å². The summed E-state index contributed by atoms with van der Waals surface area (Å²) in [5, 5.41) is 2.53. The molecule has 2 aromatic rings. The first-order chi connectivity index (χ1) is 9.86. The number of carbonyl (C=O) groups excluding carboxylic acids is 1. The van der Waals surface area contributed by atoms with E-state index in [0.717, 1.165) is 7.11 Å². The number of halogens is 4. The van der Waals surface area contributed by atoms with Crippen LogP contribution in [0.1, 0.15) is 12.1 Å². The molecule has 0 aliphatic rings. The van der Waals surface area contributed by atoms with Crippen LogP contribution >= 0.6 is 15.9 Å². The number of benzene rings is 1. The van der Waals surface area contributed by atoms with Crippen molar-refractivity contribution in [1.29, 1.82) is 0 Å². The van der Waals surface area contributed by atoms with Crippen LogP contribution in [0, 0.1) is 5.82 Å². The van der Waals surface area contributed by atoms with Gasteiger partial charge in [-0.05, 0) is 28.1 Å². The van der Waals surface area contributed by atoms with E-state index >= 15 is 0 Å². The van der Waals surface area contributed by atoms with Crippen LogP contribution in [-0.4, -0.2) is 22.9 Å². The molecule has 1 heterocycles. The Morgan fingerprint density at radius 3 is 2.71 bits per heavy atom. The zero-order chi connectivity index (χ0) is 15.7. The number of hydrogen-bond donors (Lipinski definition) is 0. The fourth-order valence-corrected chi connectivity index (χ4v) is 2.12. The normalized spacial score (nSPS) is 11.1. The van der Waals surface area contributed by atoms with E-state index in [1.165, 1.54) is 12.1 Å². The maximum Gasteiger partial charge on any atom is 0.327 e. The number of aromatic nitrogens is 2. The highest BCUT2D eigenvalue weighted by molar-refractivity contribution is 9.10. The van der Waals surface area contributed by atoms with Crippen LogP contribution < -0.4 is 5.56 Å². The van der Waals surface area contributed by atoms with Crippen molar-refractivity contribution in [3.8, 4) is 0 Å². The van der Waals surface area contributed by atoms with E-state index in [1.807, 2.05) is 0 Å². The van der Waals surface area contributed by atoms with Crippen molar-refractivity contribution < 1.29 is 22.7 Å². The van der Waals surface area contributed by atoms with Crippen LogP contribution in [0.3, 0.4) is 0 Å². The van der Waals surface area contributed by atoms with Crippen LogP contribution in [0.25, 0.3) is 10.8 Å². The highest BCUT2D eigenvalue weighted by atomic mass is 79.9. The van der Waals surface area contributed by atoms with E-state index in [4.69, 9.17) is 0 Å². The molecule has 0 radical (unpaired) electrons. The summed E-state index contributed by atoms with van der Waals surface area (Å²) < 4.78 is 44.9. The van der Waals surface area contributed by atoms with Crippen molar-refractivity contribution in [2.24, 2.45) is 0 Å². The lowest BCUT2D eigenvalue weighted by Gasteiger charge is -2.11. The lowest BCUT2D eigenvalue weighted by molar-refractivity contribution is -0.141. The Labute approximate surface area is 124 Å². The molecule has 5 nitrogen and oxygen atoms in total. The molecule has 0 atom stereocenters. The van der Waals surface area contributed by atoms with Gasteiger partial charge in [-0.3, -0.25) is 9.59 Å². The van der Waals surface area contributed by atoms with Gasteiger partial charge in [0.1, 0.15) is 18.1 Å². The van der Waals surface area contributed by atoms with Gasteiger partial charge in [-0.1, -0.05) is 0 Å². The molecular weight excluding hydrogens is 357 g/mol. The maximum absolute atomic E-state index is 14.0. The molecule has 0 saturated heterocycles. The van der Waals surface area contributed by atoms with E-state index in [1.54, 1.807) is 0 Å². The second kappa shape index (κ2) is 5.84. The summed E-state index contributed by atoms with van der Waals surface area (Å²) in [6.45, 7) is -0.636. The molecule has 0 saturated carbocycles. The van der Waals surface area contributed by atoms with Gasteiger partial charge < -0.3 is 4.74 Å². The molecule has 1 aromatic heterocycles. The summed E-state index contributed by atoms with van der Waals surface area (Å²) in [5.74, 6) is -1.83. The molecule has 0 aliphatic carbocycles. The van der Waals surface area contributed by atoms with Crippen LogP contribution in [0.5, 0.6) is 0 Å². The Hall–Kier alpha value is -1.90. The molecule has 1 aromatic carbocycles. The van der Waals surface area contributed by atoms with Gasteiger partial charge >= 0.3 is 5.97 Å². The minimum absolute atomic E-state index is 0.0659. The number of fused-ring (bicyclic) bond motifs is 1. The third-order valence-electron chi connectivity index (χ3n) is 2.76. The van der Waals surface area contributed by atoms with Crippen LogP contribution in [0.15, 0.2) is 21.4 Å². The highest BCUT2D eigenvalue weighted by Crippen LogP contribution is 2.29. The molecule has 2 rings (SSSR count). The SMILES string of the molecule is COC(=O)Cn1nc(C(F)F)c2c(F)c(Br)ccc2c1=O. The molecule has 0 unspecified atom stereocenters. The predicted octanol–water partition coefficient (Wildman–Crippen LogP) is 2.41. The highest BCUT2D eigenvalue weighted by Gasteiger charge is 2.23. The van der Waals surface area contributed by atoms with Gasteiger partial charge in [0.05, 0.1) is 22.4 Å². The molecule has 21 heavy (non-hydrogen) atoms. The topological polar surface area (TPSA) is 61.2 Å². The van der Waals surface area contributed by atoms with Gasteiger partial charge in [-0.15, -0.1) is 0 Å². The number of nitrogens with zero attached hydrogens (tertiary/aromatic N) is 2.